The fourth-order valence-corrected chi connectivity index (χ4v) is 1.31. The molecule has 0 unspecified atom stereocenters. The van der Waals surface area contributed by atoms with Crippen LogP contribution < -0.4 is 0 Å². The molecule has 3 aromatic carbocycles. The van der Waals surface area contributed by atoms with Crippen LogP contribution in [-0.2, 0) is 0 Å². The molecular weight excluding hydrogens is 168 g/mol. The van der Waals surface area contributed by atoms with Gasteiger partial charge in [-0.15, -0.1) is 0 Å². The lowest BCUT2D eigenvalue weighted by Gasteiger charge is -2.02. The average Bonchev–Trinajstić information content (AvgIpc) is 2.56. The molecule has 0 fully saturated rings. The van der Waals surface area contributed by atoms with Gasteiger partial charge in [0, 0.05) is 0 Å². The van der Waals surface area contributed by atoms with Crippen LogP contribution in [0.3, 0.4) is 0 Å². The van der Waals surface area contributed by atoms with Gasteiger partial charge >= 0.3 is 0 Å². The summed E-state index contributed by atoms with van der Waals surface area (Å²) >= 11 is 0. The molecule has 0 radical (unpaired) electrons. The molecule has 0 atom stereocenters. The Kier molecular flexibility index (Phi) is 0.529. The van der Waals surface area contributed by atoms with Crippen LogP contribution in [0.4, 0.5) is 0 Å². The van der Waals surface area contributed by atoms with Gasteiger partial charge < -0.3 is 0 Å². The molecule has 0 amide bonds. The molecule has 0 spiro atoms. The van der Waals surface area contributed by atoms with Crippen LogP contribution in [0.15, 0.2) is 60.4 Å². The molecule has 3 rings (SSSR count). The number of hydrogen-bond acceptors (Lipinski definition) is 0. The van der Waals surface area contributed by atoms with Crippen LogP contribution in [0.25, 0.3) is 21.5 Å². The van der Waals surface area contributed by atoms with E-state index in [0.29, 0.717) is 0 Å². The predicted octanol–water partition coefficient (Wildman–Crippen LogP) is 3.99. The van der Waals surface area contributed by atoms with Crippen molar-refractivity contribution in [2.24, 2.45) is 0 Å². The molecule has 0 nitrogen and oxygen atoms in total. The normalized spacial score (nSPS) is 20.9. The lowest BCUT2D eigenvalue weighted by Crippen LogP contribution is -1.75. The van der Waals surface area contributed by atoms with Gasteiger partial charge in [-0.05, 0) is 21.5 Å². The Labute approximate surface area is 96.8 Å². The highest BCUT2D eigenvalue weighted by Crippen LogP contribution is 2.24. The molecule has 0 aromatic heterocycles. The number of fused-ring (bicyclic) bond motifs is 3. The summed E-state index contributed by atoms with van der Waals surface area (Å²) in [6.45, 7) is 0. The second kappa shape index (κ2) is 2.85. The Morgan fingerprint density at radius 1 is 0.571 bits per heavy atom. The van der Waals surface area contributed by atoms with E-state index in [1.54, 1.807) is 0 Å². The Balaban J connectivity index is 2.87. The fourth-order valence-electron chi connectivity index (χ4n) is 1.31. The first kappa shape index (κ1) is 2.60. The van der Waals surface area contributed by atoms with Gasteiger partial charge in [0.15, 0.2) is 0 Å². The monoisotopic (exact) mass is 188 g/mol. The first-order chi connectivity index (χ1) is 11.1. The molecule has 0 aliphatic heterocycles. The molecule has 0 aliphatic carbocycles. The zero-order valence-corrected chi connectivity index (χ0v) is 7.00. The van der Waals surface area contributed by atoms with Crippen molar-refractivity contribution in [3.8, 4) is 0 Å². The molecular formula is C14H10. The minimum Gasteiger partial charge on any atom is -0.0616 e. The highest BCUT2D eigenvalue weighted by atomic mass is 14.0. The highest BCUT2D eigenvalue weighted by molar-refractivity contribution is 6.07. The van der Waals surface area contributed by atoms with Gasteiger partial charge in [-0.2, -0.15) is 0 Å². The van der Waals surface area contributed by atoms with E-state index in [2.05, 4.69) is 0 Å². The second-order valence-electron chi connectivity index (χ2n) is 2.75. The van der Waals surface area contributed by atoms with Crippen LogP contribution in [-0.4, -0.2) is 0 Å². The van der Waals surface area contributed by atoms with Crippen LogP contribution >= 0.6 is 0 Å². The van der Waals surface area contributed by atoms with Crippen LogP contribution in [0.1, 0.15) is 13.7 Å². The van der Waals surface area contributed by atoms with Crippen LogP contribution in [0.5, 0.6) is 0 Å². The smallest absolute Gasteiger partial charge is 0.0616 e. The van der Waals surface area contributed by atoms with Crippen molar-refractivity contribution in [2.75, 3.05) is 0 Å². The third kappa shape index (κ3) is 1.01. The molecule has 0 aliphatic rings. The van der Waals surface area contributed by atoms with E-state index in [0.717, 1.165) is 0 Å². The maximum Gasteiger partial charge on any atom is 0.0629 e. The van der Waals surface area contributed by atoms with Gasteiger partial charge in [0.25, 0.3) is 0 Å². The molecule has 0 N–H and O–H groups in total. The summed E-state index contributed by atoms with van der Waals surface area (Å²) in [6, 6.07) is -5.19. The van der Waals surface area contributed by atoms with Crippen LogP contribution in [0, 0.1) is 0 Å². The molecule has 14 heavy (non-hydrogen) atoms. The first-order valence-corrected chi connectivity index (χ1v) is 4.00. The van der Waals surface area contributed by atoms with E-state index in [9.17, 15) is 0 Å². The average molecular weight is 188 g/mol. The standard InChI is InChI=1S/C14H10/c1-3-7-13-11(5-1)9-10-12-6-2-4-8-14(12)13/h1-10H/i1D,2D,3D,4D,5D,6D,7D,8D,9D,10D. The van der Waals surface area contributed by atoms with Gasteiger partial charge in [-0.25, -0.2) is 0 Å². The van der Waals surface area contributed by atoms with E-state index in [-0.39, 0.29) is 21.5 Å². The number of benzene rings is 3. The molecule has 0 heteroatoms. The first-order valence-electron chi connectivity index (χ1n) is 9.00. The summed E-state index contributed by atoms with van der Waals surface area (Å²) in [6.07, 6.45) is 0. The Hall–Kier alpha value is -1.82. The van der Waals surface area contributed by atoms with E-state index in [1.807, 2.05) is 0 Å². The van der Waals surface area contributed by atoms with Crippen molar-refractivity contribution in [3.63, 3.8) is 0 Å². The van der Waals surface area contributed by atoms with Gasteiger partial charge in [-0.1, -0.05) is 60.4 Å². The maximum absolute atomic E-state index is 8.08. The third-order valence-electron chi connectivity index (χ3n) is 1.94. The number of rotatable bonds is 0. The quantitative estimate of drug-likeness (QED) is 0.468. The van der Waals surface area contributed by atoms with E-state index in [1.165, 1.54) is 0 Å². The maximum atomic E-state index is 8.08. The lowest BCUT2D eigenvalue weighted by atomic mass is 10.0. The zero-order chi connectivity index (χ0) is 18.1. The summed E-state index contributed by atoms with van der Waals surface area (Å²) in [7, 11) is 0. The Morgan fingerprint density at radius 2 is 1.00 bits per heavy atom. The van der Waals surface area contributed by atoms with Gasteiger partial charge in [0.2, 0.25) is 0 Å². The SMILES string of the molecule is [2H]c1c([2H])c([2H])c2c(c1[2H])c([2H])c([2H])c1c([2H])c([2H])c([2H])c([2H])c12. The Bertz CT molecular complexity index is 969. The zero-order valence-electron chi connectivity index (χ0n) is 17.0. The van der Waals surface area contributed by atoms with Crippen LogP contribution in [0.2, 0.25) is 0 Å². The summed E-state index contributed by atoms with van der Waals surface area (Å²) in [5, 5.41) is -0.764. The second-order valence-corrected chi connectivity index (χ2v) is 2.75. The van der Waals surface area contributed by atoms with Crippen molar-refractivity contribution in [1.29, 1.82) is 0 Å². The molecule has 0 bridgehead atoms. The Morgan fingerprint density at radius 3 is 1.50 bits per heavy atom. The van der Waals surface area contributed by atoms with E-state index in [4.69, 9.17) is 13.7 Å². The summed E-state index contributed by atoms with van der Waals surface area (Å²) in [4.78, 5) is 0. The predicted molar refractivity (Wildman–Crippen MR) is 61.5 cm³/mol. The highest BCUT2D eigenvalue weighted by Gasteiger charge is 1.97. The topological polar surface area (TPSA) is 0 Å². The van der Waals surface area contributed by atoms with Crippen molar-refractivity contribution in [1.82, 2.24) is 0 Å². The van der Waals surface area contributed by atoms with Gasteiger partial charge in [0.05, 0.1) is 13.7 Å². The molecule has 0 saturated carbocycles. The minimum atomic E-state index is -0.557. The van der Waals surface area contributed by atoms with E-state index >= 15 is 0 Å². The number of hydrogen-bond donors (Lipinski definition) is 0. The third-order valence-corrected chi connectivity index (χ3v) is 1.94. The summed E-state index contributed by atoms with van der Waals surface area (Å²) < 4.78 is 79.3. The van der Waals surface area contributed by atoms with Crippen molar-refractivity contribution >= 4 is 21.5 Å². The summed E-state index contributed by atoms with van der Waals surface area (Å²) in [5.74, 6) is 0. The summed E-state index contributed by atoms with van der Waals surface area (Å²) in [5.41, 5.74) is 0. The molecule has 0 heterocycles. The lowest BCUT2D eigenvalue weighted by molar-refractivity contribution is 1.76. The molecule has 3 aromatic rings. The van der Waals surface area contributed by atoms with Crippen molar-refractivity contribution < 1.29 is 13.7 Å². The van der Waals surface area contributed by atoms with Crippen molar-refractivity contribution in [2.45, 2.75) is 0 Å². The van der Waals surface area contributed by atoms with Crippen molar-refractivity contribution in [3.05, 3.63) is 60.4 Å². The molecule has 66 valence electrons. The molecule has 0 saturated heterocycles. The largest absolute Gasteiger partial charge is 0.0629 e. The van der Waals surface area contributed by atoms with E-state index < -0.39 is 60.4 Å². The van der Waals surface area contributed by atoms with Gasteiger partial charge in [0.1, 0.15) is 0 Å². The fraction of sp³-hybridized carbons (Fsp3) is 0. The minimum absolute atomic E-state index is 0.163. The van der Waals surface area contributed by atoms with Gasteiger partial charge in [-0.3, -0.25) is 0 Å².